The highest BCUT2D eigenvalue weighted by atomic mass is 19.1. The maximum atomic E-state index is 13.4. The molecule has 2 fully saturated rings. The van der Waals surface area contributed by atoms with Crippen LogP contribution in [0.3, 0.4) is 0 Å². The Kier molecular flexibility index (Phi) is 7.72. The fraction of sp³-hybridized carbons (Fsp3) is 0.444. The Morgan fingerprint density at radius 1 is 1.14 bits per heavy atom. The monoisotopic (exact) mass is 506 g/mol. The van der Waals surface area contributed by atoms with Gasteiger partial charge in [-0.15, -0.1) is 0 Å². The van der Waals surface area contributed by atoms with E-state index in [0.29, 0.717) is 37.6 Å². The van der Waals surface area contributed by atoms with Gasteiger partial charge in [-0.3, -0.25) is 9.78 Å². The highest BCUT2D eigenvalue weighted by Gasteiger charge is 2.45. The van der Waals surface area contributed by atoms with Crippen LogP contribution in [0.5, 0.6) is 0 Å². The largest absolute Gasteiger partial charge is 0.356 e. The SMILES string of the molecule is O=C1NCCCCCCN(C(=O)NCc2ccc(F)cc2)[C@H]2C[C@H](c3nc(-c4cccnc4)no3)C[C@@H]12. The molecule has 37 heavy (non-hydrogen) atoms. The van der Waals surface area contributed by atoms with Gasteiger partial charge in [0.1, 0.15) is 5.82 Å². The molecule has 3 heterocycles. The van der Waals surface area contributed by atoms with Gasteiger partial charge in [-0.25, -0.2) is 9.18 Å². The average molecular weight is 507 g/mol. The number of fused-ring (bicyclic) bond motifs is 1. The van der Waals surface area contributed by atoms with Crippen molar-refractivity contribution in [3.8, 4) is 11.4 Å². The summed E-state index contributed by atoms with van der Waals surface area (Å²) in [6, 6.07) is 9.20. The lowest BCUT2D eigenvalue weighted by Crippen LogP contribution is -2.50. The van der Waals surface area contributed by atoms with Gasteiger partial charge in [-0.1, -0.05) is 30.1 Å². The summed E-state index contributed by atoms with van der Waals surface area (Å²) in [6.45, 7) is 1.47. The molecule has 3 aromatic rings. The zero-order valence-electron chi connectivity index (χ0n) is 20.6. The van der Waals surface area contributed by atoms with Gasteiger partial charge in [0.2, 0.25) is 17.6 Å². The van der Waals surface area contributed by atoms with Crippen molar-refractivity contribution in [1.29, 1.82) is 0 Å². The second-order valence-corrected chi connectivity index (χ2v) is 9.72. The van der Waals surface area contributed by atoms with Crippen LogP contribution in [-0.2, 0) is 11.3 Å². The molecule has 0 unspecified atom stereocenters. The van der Waals surface area contributed by atoms with E-state index in [4.69, 9.17) is 4.52 Å². The van der Waals surface area contributed by atoms with Crippen molar-refractivity contribution in [3.63, 3.8) is 0 Å². The van der Waals surface area contributed by atoms with Gasteiger partial charge in [0.25, 0.3) is 0 Å². The van der Waals surface area contributed by atoms with E-state index in [1.807, 2.05) is 12.1 Å². The van der Waals surface area contributed by atoms with E-state index in [2.05, 4.69) is 25.8 Å². The summed E-state index contributed by atoms with van der Waals surface area (Å²) in [5.41, 5.74) is 1.56. The van der Waals surface area contributed by atoms with Gasteiger partial charge >= 0.3 is 6.03 Å². The first-order valence-electron chi connectivity index (χ1n) is 12.9. The van der Waals surface area contributed by atoms with Gasteiger partial charge in [0.05, 0.1) is 5.92 Å². The quantitative estimate of drug-likeness (QED) is 0.552. The summed E-state index contributed by atoms with van der Waals surface area (Å²) in [7, 11) is 0. The molecule has 0 spiro atoms. The number of halogens is 1. The number of amides is 3. The molecule has 9 nitrogen and oxygen atoms in total. The van der Waals surface area contributed by atoms with E-state index < -0.39 is 0 Å². The Hall–Kier alpha value is -3.82. The minimum absolute atomic E-state index is 0.0438. The van der Waals surface area contributed by atoms with Gasteiger partial charge in [0.15, 0.2) is 0 Å². The number of aromatic nitrogens is 3. The number of hydrogen-bond donors (Lipinski definition) is 2. The van der Waals surface area contributed by atoms with E-state index in [1.54, 1.807) is 29.4 Å². The fourth-order valence-electron chi connectivity index (χ4n) is 5.26. The van der Waals surface area contributed by atoms with E-state index in [-0.39, 0.29) is 42.2 Å². The summed E-state index contributed by atoms with van der Waals surface area (Å²) in [5.74, 6) is 0.0368. The molecule has 10 heteroatoms. The topological polar surface area (TPSA) is 113 Å². The molecule has 2 N–H and O–H groups in total. The molecule has 194 valence electrons. The smallest absolute Gasteiger partial charge is 0.317 e. The summed E-state index contributed by atoms with van der Waals surface area (Å²) in [6.07, 6.45) is 8.19. The highest BCUT2D eigenvalue weighted by Crippen LogP contribution is 2.41. The molecule has 5 rings (SSSR count). The first kappa shape index (κ1) is 24.9. The number of carbonyl (C=O) groups is 2. The number of nitrogens with one attached hydrogen (secondary N) is 2. The minimum atomic E-state index is -0.381. The first-order valence-corrected chi connectivity index (χ1v) is 12.9. The molecule has 3 amide bonds. The van der Waals surface area contributed by atoms with Gasteiger partial charge < -0.3 is 20.1 Å². The van der Waals surface area contributed by atoms with Crippen LogP contribution >= 0.6 is 0 Å². The summed E-state index contributed by atoms with van der Waals surface area (Å²) in [5, 5.41) is 10.2. The minimum Gasteiger partial charge on any atom is -0.356 e. The third-order valence-corrected chi connectivity index (χ3v) is 7.22. The number of hydrogen-bond acceptors (Lipinski definition) is 6. The maximum absolute atomic E-state index is 13.4. The molecule has 1 aliphatic carbocycles. The first-order chi connectivity index (χ1) is 18.1. The number of pyridine rings is 1. The summed E-state index contributed by atoms with van der Waals surface area (Å²) < 4.78 is 18.9. The number of carbonyl (C=O) groups excluding carboxylic acids is 2. The van der Waals surface area contributed by atoms with E-state index in [9.17, 15) is 14.0 Å². The fourth-order valence-corrected chi connectivity index (χ4v) is 5.26. The Morgan fingerprint density at radius 2 is 1.97 bits per heavy atom. The average Bonchev–Trinajstić information content (AvgIpc) is 3.57. The van der Waals surface area contributed by atoms with Crippen LogP contribution in [0.2, 0.25) is 0 Å². The standard InChI is InChI=1S/C27H31FN6O3/c28-21-9-7-18(8-10-21)16-31-27(36)34-13-4-2-1-3-12-30-25(35)22-14-20(15-23(22)34)26-32-24(33-37-26)19-6-5-11-29-17-19/h5-11,17,20,22-23H,1-4,12-16H2,(H,30,35)(H,31,36)/t20-,22-,23+/m1/s1. The number of nitrogens with zero attached hydrogens (tertiary/aromatic N) is 4. The van der Waals surface area contributed by atoms with Gasteiger partial charge in [-0.2, -0.15) is 4.98 Å². The molecule has 1 aliphatic heterocycles. The Labute approximate surface area is 214 Å². The van der Waals surface area contributed by atoms with Crippen LogP contribution in [0.15, 0.2) is 53.3 Å². The van der Waals surface area contributed by atoms with Crippen LogP contribution in [-0.4, -0.2) is 51.1 Å². The van der Waals surface area contributed by atoms with Crippen LogP contribution in [0.4, 0.5) is 9.18 Å². The van der Waals surface area contributed by atoms with Gasteiger partial charge in [0, 0.05) is 49.6 Å². The molecular formula is C27H31FN6O3. The number of benzene rings is 1. The molecule has 1 saturated heterocycles. The van der Waals surface area contributed by atoms with Crippen molar-refractivity contribution in [2.24, 2.45) is 5.92 Å². The number of rotatable bonds is 4. The van der Waals surface area contributed by atoms with E-state index >= 15 is 0 Å². The third-order valence-electron chi connectivity index (χ3n) is 7.22. The van der Waals surface area contributed by atoms with Crippen molar-refractivity contribution in [3.05, 3.63) is 66.1 Å². The lowest BCUT2D eigenvalue weighted by atomic mass is 10.0. The van der Waals surface area contributed by atoms with E-state index in [0.717, 1.165) is 36.8 Å². The molecule has 2 aromatic heterocycles. The van der Waals surface area contributed by atoms with Crippen LogP contribution in [0.25, 0.3) is 11.4 Å². The Morgan fingerprint density at radius 3 is 2.78 bits per heavy atom. The Bertz CT molecular complexity index is 1200. The van der Waals surface area contributed by atoms with E-state index in [1.165, 1.54) is 12.1 Å². The molecule has 2 aliphatic rings. The maximum Gasteiger partial charge on any atom is 0.317 e. The predicted octanol–water partition coefficient (Wildman–Crippen LogP) is 4.03. The molecule has 1 aromatic carbocycles. The summed E-state index contributed by atoms with van der Waals surface area (Å²) in [4.78, 5) is 37.2. The van der Waals surface area contributed by atoms with Crippen LogP contribution in [0, 0.1) is 11.7 Å². The van der Waals surface area contributed by atoms with Gasteiger partial charge in [-0.05, 0) is 55.5 Å². The molecule has 0 bridgehead atoms. The van der Waals surface area contributed by atoms with Crippen LogP contribution < -0.4 is 10.6 Å². The highest BCUT2D eigenvalue weighted by molar-refractivity contribution is 5.82. The molecule has 1 saturated carbocycles. The third kappa shape index (κ3) is 5.95. The zero-order valence-corrected chi connectivity index (χ0v) is 20.6. The van der Waals surface area contributed by atoms with Crippen LogP contribution in [0.1, 0.15) is 55.9 Å². The molecular weight excluding hydrogens is 475 g/mol. The Balaban J connectivity index is 1.36. The van der Waals surface area contributed by atoms with Crippen molar-refractivity contribution in [1.82, 2.24) is 30.7 Å². The normalized spacial score (nSPS) is 22.6. The number of urea groups is 1. The molecule has 0 radical (unpaired) electrons. The lowest BCUT2D eigenvalue weighted by Gasteiger charge is -2.32. The van der Waals surface area contributed by atoms with Crippen molar-refractivity contribution in [2.45, 2.75) is 57.0 Å². The molecule has 3 atom stereocenters. The second-order valence-electron chi connectivity index (χ2n) is 9.72. The van der Waals surface area contributed by atoms with Crippen molar-refractivity contribution in [2.75, 3.05) is 13.1 Å². The van der Waals surface area contributed by atoms with Crippen molar-refractivity contribution >= 4 is 11.9 Å². The summed E-state index contributed by atoms with van der Waals surface area (Å²) >= 11 is 0. The second kappa shape index (κ2) is 11.5. The lowest BCUT2D eigenvalue weighted by molar-refractivity contribution is -0.126. The zero-order chi connectivity index (χ0) is 25.6. The predicted molar refractivity (Wildman–Crippen MR) is 134 cm³/mol. The van der Waals surface area contributed by atoms with Crippen molar-refractivity contribution < 1.29 is 18.5 Å².